The van der Waals surface area contributed by atoms with Crippen LogP contribution >= 0.6 is 0 Å². The van der Waals surface area contributed by atoms with Gasteiger partial charge in [-0.3, -0.25) is 0 Å². The van der Waals surface area contributed by atoms with Crippen molar-refractivity contribution in [2.75, 3.05) is 34.7 Å². The summed E-state index contributed by atoms with van der Waals surface area (Å²) in [5.74, 6) is 0.373. The molecule has 36 heavy (non-hydrogen) atoms. The minimum atomic E-state index is -5.19. The van der Waals surface area contributed by atoms with Crippen molar-refractivity contribution in [1.29, 1.82) is 0 Å². The summed E-state index contributed by atoms with van der Waals surface area (Å²) in [6.45, 7) is 0.987. The summed E-state index contributed by atoms with van der Waals surface area (Å²) in [6.07, 6.45) is -1.42. The molecule has 2 aromatic rings. The number of methoxy groups -OCH3 is 3. The summed E-state index contributed by atoms with van der Waals surface area (Å²) in [7, 11) is 4.88. The number of carboxylic acids is 1. The third kappa shape index (κ3) is 4.36. The molecule has 0 bridgehead atoms. The normalized spacial score (nSPS) is 17.0. The average molecular weight is 511 g/mol. The number of benzene rings is 2. The Morgan fingerprint density at radius 2 is 1.86 bits per heavy atom. The number of aliphatic carboxylic acids is 1. The van der Waals surface area contributed by atoms with E-state index in [2.05, 4.69) is 16.9 Å². The zero-order chi connectivity index (χ0) is 26.2. The SMILES string of the molecule is COc1cc2c(c(CO)c1OC)C[C@H]1c3c(cc4c(c3OC)OCO4)CC[N+]1=C2.O=C([O-])C(F)(F)F. The van der Waals surface area contributed by atoms with Gasteiger partial charge in [0.05, 0.1) is 33.5 Å². The van der Waals surface area contributed by atoms with Crippen LogP contribution in [0.5, 0.6) is 28.7 Å². The van der Waals surface area contributed by atoms with Crippen molar-refractivity contribution in [3.63, 3.8) is 0 Å². The third-order valence-electron chi connectivity index (χ3n) is 6.33. The van der Waals surface area contributed by atoms with Crippen molar-refractivity contribution in [3.05, 3.63) is 39.9 Å². The number of ether oxygens (including phenoxy) is 5. The van der Waals surface area contributed by atoms with Gasteiger partial charge in [-0.2, -0.15) is 13.2 Å². The molecule has 0 fully saturated rings. The number of halogens is 3. The summed E-state index contributed by atoms with van der Waals surface area (Å²) in [6, 6.07) is 4.14. The van der Waals surface area contributed by atoms with Gasteiger partial charge < -0.3 is 38.7 Å². The van der Waals surface area contributed by atoms with Gasteiger partial charge in [-0.15, -0.1) is 0 Å². The van der Waals surface area contributed by atoms with E-state index in [0.29, 0.717) is 17.2 Å². The van der Waals surface area contributed by atoms with Gasteiger partial charge in [-0.1, -0.05) is 0 Å². The van der Waals surface area contributed by atoms with Crippen LogP contribution in [0.15, 0.2) is 12.1 Å². The van der Waals surface area contributed by atoms with Crippen LogP contribution in [0.4, 0.5) is 13.2 Å². The maximum Gasteiger partial charge on any atom is 0.430 e. The van der Waals surface area contributed by atoms with E-state index in [4.69, 9.17) is 33.6 Å². The molecule has 0 aliphatic carbocycles. The second-order valence-corrected chi connectivity index (χ2v) is 8.15. The molecule has 3 aliphatic heterocycles. The molecular formula is C24H24F3NO8. The fourth-order valence-electron chi connectivity index (χ4n) is 4.82. The lowest BCUT2D eigenvalue weighted by molar-refractivity contribution is -0.573. The first kappa shape index (κ1) is 25.4. The van der Waals surface area contributed by atoms with Crippen LogP contribution in [0.1, 0.15) is 33.9 Å². The summed E-state index contributed by atoms with van der Waals surface area (Å²) in [4.78, 5) is 8.78. The quantitative estimate of drug-likeness (QED) is 0.616. The lowest BCUT2D eigenvalue weighted by atomic mass is 9.83. The molecular weight excluding hydrogens is 487 g/mol. The molecule has 2 aromatic carbocycles. The molecule has 3 aliphatic rings. The Balaban J connectivity index is 0.000000384. The molecule has 12 heteroatoms. The van der Waals surface area contributed by atoms with Gasteiger partial charge in [0, 0.05) is 24.0 Å². The largest absolute Gasteiger partial charge is 0.542 e. The maximum absolute atomic E-state index is 10.5. The van der Waals surface area contributed by atoms with Crippen LogP contribution in [0.2, 0.25) is 0 Å². The molecule has 3 heterocycles. The fourth-order valence-corrected chi connectivity index (χ4v) is 4.82. The molecule has 9 nitrogen and oxygen atoms in total. The van der Waals surface area contributed by atoms with Crippen molar-refractivity contribution in [2.45, 2.75) is 31.7 Å². The fraction of sp³-hybridized carbons (Fsp3) is 0.417. The highest BCUT2D eigenvalue weighted by Gasteiger charge is 2.41. The summed E-state index contributed by atoms with van der Waals surface area (Å²) in [5.41, 5.74) is 5.23. The number of hydrogen-bond acceptors (Lipinski definition) is 8. The average Bonchev–Trinajstić information content (AvgIpc) is 3.32. The number of hydrogen-bond donors (Lipinski definition) is 1. The van der Waals surface area contributed by atoms with Gasteiger partial charge in [0.2, 0.25) is 12.5 Å². The Morgan fingerprint density at radius 1 is 1.17 bits per heavy atom. The van der Waals surface area contributed by atoms with Crippen LogP contribution in [0, 0.1) is 0 Å². The van der Waals surface area contributed by atoms with Crippen molar-refractivity contribution in [1.82, 2.24) is 0 Å². The number of fused-ring (bicyclic) bond motifs is 5. The van der Waals surface area contributed by atoms with Crippen LogP contribution in [-0.4, -0.2) is 62.7 Å². The predicted octanol–water partition coefficient (Wildman–Crippen LogP) is 1.52. The lowest BCUT2D eigenvalue weighted by Gasteiger charge is -2.30. The molecule has 0 saturated heterocycles. The third-order valence-corrected chi connectivity index (χ3v) is 6.33. The topological polar surface area (TPSA) is 110 Å². The second-order valence-electron chi connectivity index (χ2n) is 8.15. The standard InChI is InChI=1S/C22H24NO6.C2HF3O2/c1-25-17-7-13-9-23-5-4-12-6-18-21(29-11-28-18)22(27-3)19(12)16(23)8-14(13)15(10-24)20(17)26-2;3-2(4,5)1(6)7/h6-7,9,16,24H,4-5,8,10-11H2,1-3H3;(H,6,7)/q+1;/p-1/t16-;/m0./s1. The highest BCUT2D eigenvalue weighted by Crippen LogP contribution is 2.51. The molecule has 0 spiro atoms. The van der Waals surface area contributed by atoms with Crippen molar-refractivity contribution in [3.8, 4) is 28.7 Å². The zero-order valence-electron chi connectivity index (χ0n) is 19.7. The predicted molar refractivity (Wildman–Crippen MR) is 116 cm³/mol. The Morgan fingerprint density at radius 3 is 2.44 bits per heavy atom. The number of carbonyl (C=O) groups excluding carboxylic acids is 1. The number of aliphatic hydroxyl groups is 1. The molecule has 0 amide bonds. The van der Waals surface area contributed by atoms with E-state index >= 15 is 0 Å². The van der Waals surface area contributed by atoms with Crippen LogP contribution in [0.25, 0.3) is 0 Å². The summed E-state index contributed by atoms with van der Waals surface area (Å²) in [5, 5.41) is 18.9. The molecule has 0 saturated carbocycles. The first-order chi connectivity index (χ1) is 17.1. The molecule has 0 radical (unpaired) electrons. The minimum absolute atomic E-state index is 0.0825. The molecule has 194 valence electrons. The zero-order valence-corrected chi connectivity index (χ0v) is 19.7. The Kier molecular flexibility index (Phi) is 6.90. The van der Waals surface area contributed by atoms with E-state index in [9.17, 15) is 18.3 Å². The van der Waals surface area contributed by atoms with E-state index in [1.54, 1.807) is 21.3 Å². The Hall–Kier alpha value is -3.67. The molecule has 1 atom stereocenters. The van der Waals surface area contributed by atoms with E-state index in [0.717, 1.165) is 53.1 Å². The van der Waals surface area contributed by atoms with Crippen LogP contribution in [0.3, 0.4) is 0 Å². The number of rotatable bonds is 4. The van der Waals surface area contributed by atoms with E-state index < -0.39 is 12.1 Å². The van der Waals surface area contributed by atoms with Gasteiger partial charge in [0.15, 0.2) is 35.3 Å². The van der Waals surface area contributed by atoms with Gasteiger partial charge >= 0.3 is 6.18 Å². The number of carbonyl (C=O) groups is 1. The molecule has 5 rings (SSSR count). The molecule has 0 unspecified atom stereocenters. The smallest absolute Gasteiger partial charge is 0.430 e. The monoisotopic (exact) mass is 511 g/mol. The second kappa shape index (κ2) is 9.76. The number of carboxylic acid groups (broad SMARTS) is 1. The lowest BCUT2D eigenvalue weighted by Crippen LogP contribution is -2.37. The number of alkyl halides is 3. The molecule has 0 aromatic heterocycles. The summed E-state index contributed by atoms with van der Waals surface area (Å²) < 4.78 is 62.0. The van der Waals surface area contributed by atoms with E-state index in [1.165, 1.54) is 5.56 Å². The maximum atomic E-state index is 10.5. The minimum Gasteiger partial charge on any atom is -0.542 e. The number of aliphatic hydroxyl groups excluding tert-OH is 1. The van der Waals surface area contributed by atoms with Crippen LogP contribution < -0.4 is 28.8 Å². The van der Waals surface area contributed by atoms with Crippen molar-refractivity contribution in [2.24, 2.45) is 0 Å². The van der Waals surface area contributed by atoms with Gasteiger partial charge in [-0.25, -0.2) is 4.58 Å². The molecule has 1 N–H and O–H groups in total. The first-order valence-corrected chi connectivity index (χ1v) is 10.9. The summed E-state index contributed by atoms with van der Waals surface area (Å²) >= 11 is 0. The van der Waals surface area contributed by atoms with E-state index in [-0.39, 0.29) is 19.4 Å². The Labute approximate surface area is 204 Å². The first-order valence-electron chi connectivity index (χ1n) is 10.9. The van der Waals surface area contributed by atoms with Gasteiger partial charge in [-0.05, 0) is 23.3 Å². The Bertz CT molecular complexity index is 1230. The highest BCUT2D eigenvalue weighted by atomic mass is 19.4. The van der Waals surface area contributed by atoms with Crippen LogP contribution in [-0.2, 0) is 24.2 Å². The highest BCUT2D eigenvalue weighted by molar-refractivity contribution is 5.82. The van der Waals surface area contributed by atoms with Crippen molar-refractivity contribution >= 4 is 12.2 Å². The van der Waals surface area contributed by atoms with Crippen molar-refractivity contribution < 1.29 is 56.4 Å². The van der Waals surface area contributed by atoms with E-state index in [1.807, 2.05) is 6.07 Å². The number of nitrogens with zero attached hydrogens (tertiary/aromatic N) is 1. The van der Waals surface area contributed by atoms with Gasteiger partial charge in [0.25, 0.3) is 0 Å². The van der Waals surface area contributed by atoms with Gasteiger partial charge in [0.1, 0.15) is 12.5 Å².